The van der Waals surface area contributed by atoms with Gasteiger partial charge in [-0.1, -0.05) is 31.2 Å². The zero-order chi connectivity index (χ0) is 18.4. The predicted molar refractivity (Wildman–Crippen MR) is 94.6 cm³/mol. The van der Waals surface area contributed by atoms with E-state index in [0.29, 0.717) is 24.2 Å². The molecule has 0 N–H and O–H groups in total. The molecule has 0 saturated carbocycles. The number of carbonyl (C=O) groups is 2. The van der Waals surface area contributed by atoms with Crippen molar-refractivity contribution in [1.82, 2.24) is 0 Å². The van der Waals surface area contributed by atoms with Gasteiger partial charge >= 0.3 is 11.9 Å². The summed E-state index contributed by atoms with van der Waals surface area (Å²) in [6.07, 6.45) is 3.90. The van der Waals surface area contributed by atoms with Crippen LogP contribution < -0.4 is 4.74 Å². The van der Waals surface area contributed by atoms with Gasteiger partial charge in [-0.3, -0.25) is 0 Å². The number of rotatable bonds is 8. The second kappa shape index (κ2) is 8.51. The molecular formula is C20H24O5. The summed E-state index contributed by atoms with van der Waals surface area (Å²) >= 11 is 0. The fourth-order valence-electron chi connectivity index (χ4n) is 2.93. The topological polar surface area (TPSA) is 61.8 Å². The van der Waals surface area contributed by atoms with Crippen LogP contribution in [0.15, 0.2) is 43.5 Å². The first-order chi connectivity index (χ1) is 12.0. The molecule has 0 bridgehead atoms. The van der Waals surface area contributed by atoms with E-state index in [-0.39, 0.29) is 12.0 Å². The number of esters is 2. The van der Waals surface area contributed by atoms with E-state index in [1.54, 1.807) is 24.3 Å². The summed E-state index contributed by atoms with van der Waals surface area (Å²) in [7, 11) is 1.49. The lowest BCUT2D eigenvalue weighted by atomic mass is 9.98. The molecule has 1 aromatic carbocycles. The average molecular weight is 344 g/mol. The van der Waals surface area contributed by atoms with E-state index in [9.17, 15) is 9.59 Å². The van der Waals surface area contributed by atoms with Crippen molar-refractivity contribution in [3.05, 3.63) is 54.6 Å². The Morgan fingerprint density at radius 1 is 1.40 bits per heavy atom. The summed E-state index contributed by atoms with van der Waals surface area (Å²) in [5.41, 5.74) is 1.06. The smallest absolute Gasteiger partial charge is 0.347 e. The Balaban J connectivity index is 2.16. The van der Waals surface area contributed by atoms with Gasteiger partial charge in [0.15, 0.2) is 0 Å². The number of ether oxygens (including phenoxy) is 3. The van der Waals surface area contributed by atoms with Crippen LogP contribution >= 0.6 is 0 Å². The van der Waals surface area contributed by atoms with Gasteiger partial charge in [-0.2, -0.15) is 0 Å². The molecule has 1 fully saturated rings. The SMILES string of the molecule is C=CCc1cccc(OC)c1C(=O)O[C@H]1C[C@@H]([C@H](C)CC=C)OC1=O. The summed E-state index contributed by atoms with van der Waals surface area (Å²) in [5, 5.41) is 0. The first kappa shape index (κ1) is 18.8. The Hall–Kier alpha value is -2.56. The van der Waals surface area contributed by atoms with E-state index >= 15 is 0 Å². The normalized spacial score (nSPS) is 20.5. The van der Waals surface area contributed by atoms with Gasteiger partial charge in [0.2, 0.25) is 6.10 Å². The highest BCUT2D eigenvalue weighted by atomic mass is 16.6. The highest BCUT2D eigenvalue weighted by Gasteiger charge is 2.40. The van der Waals surface area contributed by atoms with Crippen LogP contribution in [0.2, 0.25) is 0 Å². The van der Waals surface area contributed by atoms with Crippen LogP contribution in [-0.2, 0) is 20.7 Å². The highest BCUT2D eigenvalue weighted by molar-refractivity contribution is 5.96. The Labute approximate surface area is 148 Å². The minimum atomic E-state index is -0.897. The Kier molecular flexibility index (Phi) is 6.39. The summed E-state index contributed by atoms with van der Waals surface area (Å²) in [4.78, 5) is 24.7. The number of methoxy groups -OCH3 is 1. The number of carbonyl (C=O) groups excluding carboxylic acids is 2. The molecule has 25 heavy (non-hydrogen) atoms. The van der Waals surface area contributed by atoms with Gasteiger partial charge in [-0.15, -0.1) is 13.2 Å². The average Bonchev–Trinajstić information content (AvgIpc) is 2.96. The van der Waals surface area contributed by atoms with E-state index in [0.717, 1.165) is 12.0 Å². The first-order valence-electron chi connectivity index (χ1n) is 8.30. The summed E-state index contributed by atoms with van der Waals surface area (Å²) in [6.45, 7) is 9.37. The molecule has 0 amide bonds. The molecule has 3 atom stereocenters. The van der Waals surface area contributed by atoms with Crippen LogP contribution in [0.3, 0.4) is 0 Å². The molecule has 0 unspecified atom stereocenters. The van der Waals surface area contributed by atoms with Crippen LogP contribution in [0.25, 0.3) is 0 Å². The minimum absolute atomic E-state index is 0.132. The first-order valence-corrected chi connectivity index (χ1v) is 8.30. The van der Waals surface area contributed by atoms with E-state index in [4.69, 9.17) is 14.2 Å². The third-order valence-corrected chi connectivity index (χ3v) is 4.30. The third-order valence-electron chi connectivity index (χ3n) is 4.30. The molecule has 1 aliphatic heterocycles. The molecule has 1 saturated heterocycles. The van der Waals surface area contributed by atoms with Gasteiger partial charge in [-0.25, -0.2) is 9.59 Å². The Bertz CT molecular complexity index is 664. The Morgan fingerprint density at radius 3 is 2.80 bits per heavy atom. The lowest BCUT2D eigenvalue weighted by molar-refractivity contribution is -0.148. The number of hydrogen-bond acceptors (Lipinski definition) is 5. The Morgan fingerprint density at radius 2 is 2.16 bits per heavy atom. The van der Waals surface area contributed by atoms with Crippen LogP contribution in [0, 0.1) is 5.92 Å². The minimum Gasteiger partial charge on any atom is -0.496 e. The largest absolute Gasteiger partial charge is 0.496 e. The molecule has 134 valence electrons. The van der Waals surface area contributed by atoms with Crippen LogP contribution in [-0.4, -0.2) is 31.3 Å². The lowest BCUT2D eigenvalue weighted by Gasteiger charge is -2.16. The zero-order valence-electron chi connectivity index (χ0n) is 14.7. The second-order valence-electron chi connectivity index (χ2n) is 6.09. The molecule has 0 spiro atoms. The highest BCUT2D eigenvalue weighted by Crippen LogP contribution is 2.29. The third kappa shape index (κ3) is 4.29. The molecule has 5 nitrogen and oxygen atoms in total. The van der Waals surface area contributed by atoms with Crippen molar-refractivity contribution in [1.29, 1.82) is 0 Å². The standard InChI is InChI=1S/C20H24O5/c1-5-8-13(3)16-12-17(19(21)24-16)25-20(22)18-14(9-6-2)10-7-11-15(18)23-4/h5-7,10-11,13,16-17H,1-2,8-9,12H2,3-4H3/t13-,16+,17+/m1/s1. The molecule has 0 radical (unpaired) electrons. The molecule has 0 aliphatic carbocycles. The van der Waals surface area contributed by atoms with Crippen molar-refractivity contribution in [2.24, 2.45) is 5.92 Å². The van der Waals surface area contributed by atoms with Gasteiger partial charge in [0.1, 0.15) is 17.4 Å². The number of cyclic esters (lactones) is 1. The van der Waals surface area contributed by atoms with Crippen molar-refractivity contribution < 1.29 is 23.8 Å². The number of hydrogen-bond donors (Lipinski definition) is 0. The molecule has 0 aromatic heterocycles. The maximum absolute atomic E-state index is 12.7. The van der Waals surface area contributed by atoms with Crippen molar-refractivity contribution in [3.8, 4) is 5.75 Å². The van der Waals surface area contributed by atoms with Crippen LogP contribution in [0.1, 0.15) is 35.7 Å². The van der Waals surface area contributed by atoms with E-state index < -0.39 is 18.0 Å². The second-order valence-corrected chi connectivity index (χ2v) is 6.09. The van der Waals surface area contributed by atoms with Crippen LogP contribution in [0.4, 0.5) is 0 Å². The summed E-state index contributed by atoms with van der Waals surface area (Å²) in [6, 6.07) is 5.29. The van der Waals surface area contributed by atoms with Crippen LogP contribution in [0.5, 0.6) is 5.75 Å². The number of allylic oxidation sites excluding steroid dienone is 2. The maximum Gasteiger partial charge on any atom is 0.347 e. The molecule has 2 rings (SSSR count). The summed E-state index contributed by atoms with van der Waals surface area (Å²) < 4.78 is 16.1. The van der Waals surface area contributed by atoms with Crippen molar-refractivity contribution in [2.45, 2.75) is 38.4 Å². The van der Waals surface area contributed by atoms with Crippen molar-refractivity contribution >= 4 is 11.9 Å². The monoisotopic (exact) mass is 344 g/mol. The van der Waals surface area contributed by atoms with E-state index in [1.165, 1.54) is 7.11 Å². The lowest BCUT2D eigenvalue weighted by Crippen LogP contribution is -2.24. The predicted octanol–water partition coefficient (Wildman–Crippen LogP) is 3.48. The van der Waals surface area contributed by atoms with Gasteiger partial charge in [0.25, 0.3) is 0 Å². The molecule has 1 aliphatic rings. The van der Waals surface area contributed by atoms with Crippen molar-refractivity contribution in [3.63, 3.8) is 0 Å². The van der Waals surface area contributed by atoms with E-state index in [2.05, 4.69) is 13.2 Å². The van der Waals surface area contributed by atoms with Crippen molar-refractivity contribution in [2.75, 3.05) is 7.11 Å². The van der Waals surface area contributed by atoms with Gasteiger partial charge in [0.05, 0.1) is 7.11 Å². The maximum atomic E-state index is 12.7. The summed E-state index contributed by atoms with van der Waals surface area (Å²) in [5.74, 6) is -0.553. The zero-order valence-corrected chi connectivity index (χ0v) is 14.7. The molecule has 1 aromatic rings. The molecule has 1 heterocycles. The number of benzene rings is 1. The van der Waals surface area contributed by atoms with Gasteiger partial charge < -0.3 is 14.2 Å². The van der Waals surface area contributed by atoms with E-state index in [1.807, 2.05) is 13.0 Å². The molecular weight excluding hydrogens is 320 g/mol. The fraction of sp³-hybridized carbons (Fsp3) is 0.400. The quantitative estimate of drug-likeness (QED) is 0.534. The molecule has 5 heteroatoms. The van der Waals surface area contributed by atoms with Gasteiger partial charge in [-0.05, 0) is 30.4 Å². The fourth-order valence-corrected chi connectivity index (χ4v) is 2.93. The van der Waals surface area contributed by atoms with Gasteiger partial charge in [0, 0.05) is 6.42 Å².